The monoisotopic (exact) mass is 338 g/mol. The van der Waals surface area contributed by atoms with E-state index in [1.54, 1.807) is 14.0 Å². The molecule has 0 bridgehead atoms. The van der Waals surface area contributed by atoms with Crippen LogP contribution >= 0.6 is 0 Å². The van der Waals surface area contributed by atoms with E-state index in [2.05, 4.69) is 18.2 Å². The summed E-state index contributed by atoms with van der Waals surface area (Å²) in [7, 11) is 4.38. The van der Waals surface area contributed by atoms with Gasteiger partial charge < -0.3 is 14.2 Å². The molecule has 2 rings (SSSR count). The molecule has 130 valence electrons. The second-order valence-corrected chi connectivity index (χ2v) is 5.35. The van der Waals surface area contributed by atoms with Crippen LogP contribution in [0.25, 0.3) is 16.8 Å². The number of esters is 1. The van der Waals surface area contributed by atoms with Gasteiger partial charge in [-0.25, -0.2) is 4.79 Å². The van der Waals surface area contributed by atoms with E-state index < -0.39 is 5.97 Å². The summed E-state index contributed by atoms with van der Waals surface area (Å²) in [5, 5.41) is 2.31. The molecular weight excluding hydrogens is 316 g/mol. The number of benzene rings is 2. The number of methoxy groups -OCH3 is 3. The zero-order valence-electron chi connectivity index (χ0n) is 14.9. The van der Waals surface area contributed by atoms with E-state index in [0.29, 0.717) is 16.9 Å². The van der Waals surface area contributed by atoms with E-state index >= 15 is 0 Å². The SMILES string of the molecule is CO\C=C(C(=O)OC)/C(C)=C(\C=C\c1cccc2ccccc12)OC. The highest BCUT2D eigenvalue weighted by molar-refractivity contribution is 5.93. The molecule has 0 saturated carbocycles. The highest BCUT2D eigenvalue weighted by Crippen LogP contribution is 2.22. The summed E-state index contributed by atoms with van der Waals surface area (Å²) in [6, 6.07) is 14.3. The zero-order chi connectivity index (χ0) is 18.2. The molecule has 0 atom stereocenters. The molecule has 0 aliphatic heterocycles. The fourth-order valence-corrected chi connectivity index (χ4v) is 2.56. The van der Waals surface area contributed by atoms with Gasteiger partial charge in [0.1, 0.15) is 11.3 Å². The standard InChI is InChI=1S/C21H22O4/c1-15(19(14-23-2)21(22)25-4)20(24-3)13-12-17-10-7-9-16-8-5-6-11-18(16)17/h5-14H,1-4H3/b13-12+,19-14+,20-15+. The number of ether oxygens (including phenoxy) is 3. The van der Waals surface area contributed by atoms with Crippen LogP contribution < -0.4 is 0 Å². The van der Waals surface area contributed by atoms with Crippen LogP contribution in [-0.4, -0.2) is 27.3 Å². The fraction of sp³-hybridized carbons (Fsp3) is 0.190. The Morgan fingerprint density at radius 1 is 0.960 bits per heavy atom. The van der Waals surface area contributed by atoms with Crippen molar-refractivity contribution in [2.24, 2.45) is 0 Å². The molecule has 0 N–H and O–H groups in total. The van der Waals surface area contributed by atoms with Crippen LogP contribution in [0.3, 0.4) is 0 Å². The lowest BCUT2D eigenvalue weighted by Gasteiger charge is -2.10. The predicted octanol–water partition coefficient (Wildman–Crippen LogP) is 4.48. The first-order valence-corrected chi connectivity index (χ1v) is 7.84. The van der Waals surface area contributed by atoms with Crippen molar-refractivity contribution in [3.63, 3.8) is 0 Å². The highest BCUT2D eigenvalue weighted by Gasteiger charge is 2.16. The number of hydrogen-bond donors (Lipinski definition) is 0. The molecule has 0 amide bonds. The molecule has 0 aromatic heterocycles. The molecule has 0 spiro atoms. The third-order valence-electron chi connectivity index (χ3n) is 3.87. The van der Waals surface area contributed by atoms with Crippen molar-refractivity contribution in [2.45, 2.75) is 6.92 Å². The van der Waals surface area contributed by atoms with Crippen molar-refractivity contribution in [3.05, 3.63) is 77.3 Å². The number of rotatable bonds is 6. The van der Waals surface area contributed by atoms with E-state index in [4.69, 9.17) is 14.2 Å². The minimum Gasteiger partial charge on any atom is -0.503 e. The molecule has 0 fully saturated rings. The largest absolute Gasteiger partial charge is 0.503 e. The third kappa shape index (κ3) is 4.29. The van der Waals surface area contributed by atoms with Crippen LogP contribution in [0.5, 0.6) is 0 Å². The van der Waals surface area contributed by atoms with Crippen molar-refractivity contribution in [1.82, 2.24) is 0 Å². The van der Waals surface area contributed by atoms with Gasteiger partial charge in [-0.1, -0.05) is 48.5 Å². The van der Waals surface area contributed by atoms with Crippen LogP contribution in [0.1, 0.15) is 12.5 Å². The molecule has 4 nitrogen and oxygen atoms in total. The van der Waals surface area contributed by atoms with E-state index in [9.17, 15) is 4.79 Å². The predicted molar refractivity (Wildman–Crippen MR) is 99.8 cm³/mol. The van der Waals surface area contributed by atoms with E-state index in [1.165, 1.54) is 25.9 Å². The number of carbonyl (C=O) groups is 1. The Morgan fingerprint density at radius 2 is 1.68 bits per heavy atom. The van der Waals surface area contributed by atoms with Gasteiger partial charge in [0, 0.05) is 5.57 Å². The maximum atomic E-state index is 11.9. The summed E-state index contributed by atoms with van der Waals surface area (Å²) in [5.74, 6) is 0.0779. The van der Waals surface area contributed by atoms with E-state index in [1.807, 2.05) is 36.4 Å². The quantitative estimate of drug-likeness (QED) is 0.337. The normalized spacial score (nSPS) is 12.9. The first kappa shape index (κ1) is 18.3. The fourth-order valence-electron chi connectivity index (χ4n) is 2.56. The minimum atomic E-state index is -0.479. The zero-order valence-corrected chi connectivity index (χ0v) is 14.9. The van der Waals surface area contributed by atoms with Crippen molar-refractivity contribution in [3.8, 4) is 0 Å². The average molecular weight is 338 g/mol. The average Bonchev–Trinajstić information content (AvgIpc) is 2.65. The summed E-state index contributed by atoms with van der Waals surface area (Å²) in [5.41, 5.74) is 2.01. The van der Waals surface area contributed by atoms with Crippen LogP contribution in [-0.2, 0) is 19.0 Å². The molecule has 2 aromatic carbocycles. The Kier molecular flexibility index (Phi) is 6.40. The second kappa shape index (κ2) is 8.73. The first-order valence-electron chi connectivity index (χ1n) is 7.84. The number of allylic oxidation sites excluding steroid dienone is 1. The molecule has 0 heterocycles. The van der Waals surface area contributed by atoms with Crippen molar-refractivity contribution in [2.75, 3.05) is 21.3 Å². The van der Waals surface area contributed by atoms with Crippen molar-refractivity contribution >= 4 is 22.8 Å². The lowest BCUT2D eigenvalue weighted by Crippen LogP contribution is -2.08. The molecule has 0 aliphatic rings. The number of hydrogen-bond acceptors (Lipinski definition) is 4. The van der Waals surface area contributed by atoms with Crippen molar-refractivity contribution < 1.29 is 19.0 Å². The van der Waals surface area contributed by atoms with Crippen LogP contribution in [0.4, 0.5) is 0 Å². The minimum absolute atomic E-state index is 0.310. The summed E-state index contributed by atoms with van der Waals surface area (Å²) < 4.78 is 15.2. The van der Waals surface area contributed by atoms with E-state index in [0.717, 1.165) is 10.9 Å². The van der Waals surface area contributed by atoms with Gasteiger partial charge in [-0.15, -0.1) is 0 Å². The molecule has 2 aromatic rings. The van der Waals surface area contributed by atoms with Gasteiger partial charge in [0.15, 0.2) is 0 Å². The summed E-state index contributed by atoms with van der Waals surface area (Å²) >= 11 is 0. The third-order valence-corrected chi connectivity index (χ3v) is 3.87. The van der Waals surface area contributed by atoms with Gasteiger partial charge in [0.25, 0.3) is 0 Å². The summed E-state index contributed by atoms with van der Waals surface area (Å²) in [6.45, 7) is 1.79. The molecule has 0 saturated heterocycles. The van der Waals surface area contributed by atoms with Gasteiger partial charge >= 0.3 is 5.97 Å². The van der Waals surface area contributed by atoms with Crippen LogP contribution in [0.15, 0.2) is 71.7 Å². The Bertz CT molecular complexity index is 839. The molecule has 0 radical (unpaired) electrons. The van der Waals surface area contributed by atoms with Crippen molar-refractivity contribution in [1.29, 1.82) is 0 Å². The molecular formula is C21H22O4. The second-order valence-electron chi connectivity index (χ2n) is 5.35. The van der Waals surface area contributed by atoms with Gasteiger partial charge in [0.05, 0.1) is 27.6 Å². The highest BCUT2D eigenvalue weighted by atomic mass is 16.5. The molecule has 0 unspecified atom stereocenters. The van der Waals surface area contributed by atoms with Gasteiger partial charge in [-0.2, -0.15) is 0 Å². The molecule has 4 heteroatoms. The van der Waals surface area contributed by atoms with Gasteiger partial charge in [-0.3, -0.25) is 0 Å². The Morgan fingerprint density at radius 3 is 2.36 bits per heavy atom. The smallest absolute Gasteiger partial charge is 0.341 e. The van der Waals surface area contributed by atoms with Crippen LogP contribution in [0.2, 0.25) is 0 Å². The first-order chi connectivity index (χ1) is 12.1. The van der Waals surface area contributed by atoms with E-state index in [-0.39, 0.29) is 0 Å². The maximum Gasteiger partial charge on any atom is 0.341 e. The maximum absolute atomic E-state index is 11.9. The summed E-state index contributed by atoms with van der Waals surface area (Å²) in [6.07, 6.45) is 5.15. The lowest BCUT2D eigenvalue weighted by molar-refractivity contribution is -0.136. The number of fused-ring (bicyclic) bond motifs is 1. The summed E-state index contributed by atoms with van der Waals surface area (Å²) in [4.78, 5) is 11.9. The molecule has 0 aliphatic carbocycles. The Hall–Kier alpha value is -3.01. The Balaban J connectivity index is 2.45. The molecule has 25 heavy (non-hydrogen) atoms. The van der Waals surface area contributed by atoms with Gasteiger partial charge in [-0.05, 0) is 29.3 Å². The lowest BCUT2D eigenvalue weighted by atomic mass is 10.0. The Labute approximate surface area is 148 Å². The van der Waals surface area contributed by atoms with Crippen LogP contribution in [0, 0.1) is 0 Å². The number of carbonyl (C=O) groups excluding carboxylic acids is 1. The topological polar surface area (TPSA) is 44.8 Å². The van der Waals surface area contributed by atoms with Gasteiger partial charge in [0.2, 0.25) is 0 Å².